The Morgan fingerprint density at radius 3 is 2.83 bits per heavy atom. The minimum absolute atomic E-state index is 0.0646. The lowest BCUT2D eigenvalue weighted by atomic mass is 10.3. The van der Waals surface area contributed by atoms with Crippen LogP contribution in [-0.4, -0.2) is 14.7 Å². The molecule has 2 rings (SSSR count). The van der Waals surface area contributed by atoms with Gasteiger partial charge in [-0.15, -0.1) is 0 Å². The first-order valence-electron chi connectivity index (χ1n) is 5.11. The van der Waals surface area contributed by atoms with Gasteiger partial charge in [0.25, 0.3) is 5.69 Å². The van der Waals surface area contributed by atoms with E-state index in [0.29, 0.717) is 5.75 Å². The summed E-state index contributed by atoms with van der Waals surface area (Å²) in [5, 5.41) is 14.9. The van der Waals surface area contributed by atoms with Gasteiger partial charge in [-0.2, -0.15) is 5.10 Å². The number of nitrogens with zero attached hydrogens (tertiary/aromatic N) is 3. The van der Waals surface area contributed by atoms with Crippen molar-refractivity contribution in [3.05, 3.63) is 51.3 Å². The molecule has 0 fully saturated rings. The minimum atomic E-state index is -0.506. The van der Waals surface area contributed by atoms with Crippen molar-refractivity contribution in [1.29, 1.82) is 0 Å². The molecule has 0 spiro atoms. The second kappa shape index (κ2) is 5.05. The Hall–Kier alpha value is -2.08. The van der Waals surface area contributed by atoms with Crippen LogP contribution in [0.1, 0.15) is 5.69 Å². The largest absolute Gasteiger partial charge is 0.486 e. The van der Waals surface area contributed by atoms with E-state index in [2.05, 4.69) is 5.10 Å². The van der Waals surface area contributed by atoms with Crippen LogP contribution in [0.2, 0.25) is 5.02 Å². The molecule has 0 amide bonds. The van der Waals surface area contributed by atoms with Crippen molar-refractivity contribution < 1.29 is 9.66 Å². The van der Waals surface area contributed by atoms with Gasteiger partial charge in [0.15, 0.2) is 0 Å². The molecule has 1 aromatic carbocycles. The molecule has 0 atom stereocenters. The summed E-state index contributed by atoms with van der Waals surface area (Å²) in [6, 6.07) is 5.90. The quantitative estimate of drug-likeness (QED) is 0.630. The Morgan fingerprint density at radius 1 is 1.50 bits per heavy atom. The Kier molecular flexibility index (Phi) is 3.47. The van der Waals surface area contributed by atoms with E-state index in [1.807, 2.05) is 13.1 Å². The monoisotopic (exact) mass is 267 g/mol. The zero-order chi connectivity index (χ0) is 13.1. The van der Waals surface area contributed by atoms with Gasteiger partial charge in [0.1, 0.15) is 12.4 Å². The van der Waals surface area contributed by atoms with Crippen molar-refractivity contribution in [2.24, 2.45) is 7.05 Å². The van der Waals surface area contributed by atoms with Crippen LogP contribution < -0.4 is 4.74 Å². The molecular formula is C11H10ClN3O3. The Morgan fingerprint density at radius 2 is 2.28 bits per heavy atom. The third kappa shape index (κ3) is 2.78. The highest BCUT2D eigenvalue weighted by molar-refractivity contribution is 6.32. The maximum absolute atomic E-state index is 10.5. The van der Waals surface area contributed by atoms with Gasteiger partial charge >= 0.3 is 0 Å². The van der Waals surface area contributed by atoms with Gasteiger partial charge in [0.05, 0.1) is 15.6 Å². The second-order valence-corrected chi connectivity index (χ2v) is 4.05. The lowest BCUT2D eigenvalue weighted by Crippen LogP contribution is -1.98. The van der Waals surface area contributed by atoms with Crippen molar-refractivity contribution in [2.75, 3.05) is 0 Å². The Balaban J connectivity index is 2.08. The normalized spacial score (nSPS) is 10.3. The zero-order valence-electron chi connectivity index (χ0n) is 9.54. The number of non-ortho nitro benzene ring substituents is 1. The van der Waals surface area contributed by atoms with E-state index in [9.17, 15) is 10.1 Å². The highest BCUT2D eigenvalue weighted by atomic mass is 35.5. The SMILES string of the molecule is Cn1ccc(COc2ccc([N+](=O)[O-])cc2Cl)n1. The van der Waals surface area contributed by atoms with Crippen LogP contribution >= 0.6 is 11.6 Å². The molecule has 1 heterocycles. The molecule has 0 N–H and O–H groups in total. The van der Waals surface area contributed by atoms with Crippen LogP contribution in [0.15, 0.2) is 30.5 Å². The maximum Gasteiger partial charge on any atom is 0.271 e. The predicted octanol–water partition coefficient (Wildman–Crippen LogP) is 2.56. The lowest BCUT2D eigenvalue weighted by Gasteiger charge is -2.05. The molecule has 0 saturated heterocycles. The number of rotatable bonds is 4. The summed E-state index contributed by atoms with van der Waals surface area (Å²) in [4.78, 5) is 10.0. The summed E-state index contributed by atoms with van der Waals surface area (Å²) in [7, 11) is 1.81. The summed E-state index contributed by atoms with van der Waals surface area (Å²) in [6.07, 6.45) is 1.80. The third-order valence-electron chi connectivity index (χ3n) is 2.27. The Labute approximate surface area is 108 Å². The van der Waals surface area contributed by atoms with Crippen LogP contribution in [0, 0.1) is 10.1 Å². The van der Waals surface area contributed by atoms with Crippen molar-refractivity contribution in [2.45, 2.75) is 6.61 Å². The molecule has 0 bridgehead atoms. The first-order valence-corrected chi connectivity index (χ1v) is 5.49. The first kappa shape index (κ1) is 12.4. The molecule has 0 radical (unpaired) electrons. The summed E-state index contributed by atoms with van der Waals surface area (Å²) in [6.45, 7) is 0.262. The van der Waals surface area contributed by atoms with Crippen LogP contribution in [0.5, 0.6) is 5.75 Å². The van der Waals surface area contributed by atoms with Gasteiger partial charge < -0.3 is 4.74 Å². The van der Waals surface area contributed by atoms with Gasteiger partial charge in [0.2, 0.25) is 0 Å². The predicted molar refractivity (Wildman–Crippen MR) is 65.6 cm³/mol. The van der Waals surface area contributed by atoms with E-state index in [4.69, 9.17) is 16.3 Å². The summed E-state index contributed by atoms with van der Waals surface area (Å²) in [5.74, 6) is 0.396. The van der Waals surface area contributed by atoms with Crippen LogP contribution in [0.25, 0.3) is 0 Å². The van der Waals surface area contributed by atoms with Gasteiger partial charge in [0, 0.05) is 25.4 Å². The van der Waals surface area contributed by atoms with Crippen molar-refractivity contribution in [3.8, 4) is 5.75 Å². The molecule has 0 unspecified atom stereocenters. The standard InChI is InChI=1S/C11H10ClN3O3/c1-14-5-4-8(13-14)7-18-11-3-2-9(15(16)17)6-10(11)12/h2-6H,7H2,1H3. The Bertz CT molecular complexity index is 583. The topological polar surface area (TPSA) is 70.2 Å². The molecule has 0 saturated carbocycles. The molecule has 0 aliphatic rings. The van der Waals surface area contributed by atoms with E-state index in [1.165, 1.54) is 18.2 Å². The van der Waals surface area contributed by atoms with Crippen molar-refractivity contribution in [1.82, 2.24) is 9.78 Å². The van der Waals surface area contributed by atoms with Crippen molar-refractivity contribution in [3.63, 3.8) is 0 Å². The number of nitro groups is 1. The van der Waals surface area contributed by atoms with Crippen molar-refractivity contribution >= 4 is 17.3 Å². The summed E-state index contributed by atoms with van der Waals surface area (Å²) < 4.78 is 7.10. The van der Waals surface area contributed by atoms with E-state index >= 15 is 0 Å². The number of hydrogen-bond acceptors (Lipinski definition) is 4. The molecule has 1 aromatic heterocycles. The molecule has 6 nitrogen and oxygen atoms in total. The van der Waals surface area contributed by atoms with E-state index in [0.717, 1.165) is 5.69 Å². The molecule has 94 valence electrons. The summed E-state index contributed by atoms with van der Waals surface area (Å²) >= 11 is 5.89. The van der Waals surface area contributed by atoms with Gasteiger partial charge in [-0.05, 0) is 12.1 Å². The zero-order valence-corrected chi connectivity index (χ0v) is 10.3. The van der Waals surface area contributed by atoms with Crippen LogP contribution in [-0.2, 0) is 13.7 Å². The molecular weight excluding hydrogens is 258 g/mol. The summed E-state index contributed by atoms with van der Waals surface area (Å²) in [5.41, 5.74) is 0.692. The van der Waals surface area contributed by atoms with E-state index < -0.39 is 4.92 Å². The minimum Gasteiger partial charge on any atom is -0.486 e. The number of nitro benzene ring substituents is 1. The lowest BCUT2D eigenvalue weighted by molar-refractivity contribution is -0.384. The number of hydrogen-bond donors (Lipinski definition) is 0. The number of ether oxygens (including phenoxy) is 1. The third-order valence-corrected chi connectivity index (χ3v) is 2.57. The number of aromatic nitrogens is 2. The maximum atomic E-state index is 10.5. The van der Waals surface area contributed by atoms with E-state index in [1.54, 1.807) is 10.9 Å². The smallest absolute Gasteiger partial charge is 0.271 e. The number of aryl methyl sites for hydroxylation is 1. The molecule has 2 aromatic rings. The fourth-order valence-corrected chi connectivity index (χ4v) is 1.64. The highest BCUT2D eigenvalue weighted by Crippen LogP contribution is 2.29. The van der Waals surface area contributed by atoms with Crippen LogP contribution in [0.4, 0.5) is 5.69 Å². The number of benzene rings is 1. The van der Waals surface area contributed by atoms with Gasteiger partial charge in [-0.1, -0.05) is 11.6 Å². The fourth-order valence-electron chi connectivity index (χ4n) is 1.41. The average molecular weight is 268 g/mol. The average Bonchev–Trinajstić information content (AvgIpc) is 2.73. The number of halogens is 1. The van der Waals surface area contributed by atoms with Gasteiger partial charge in [-0.3, -0.25) is 14.8 Å². The van der Waals surface area contributed by atoms with Gasteiger partial charge in [-0.25, -0.2) is 0 Å². The molecule has 0 aliphatic carbocycles. The molecule has 18 heavy (non-hydrogen) atoms. The first-order chi connectivity index (χ1) is 8.56. The fraction of sp³-hybridized carbons (Fsp3) is 0.182. The highest BCUT2D eigenvalue weighted by Gasteiger charge is 2.10. The molecule has 7 heteroatoms. The van der Waals surface area contributed by atoms with E-state index in [-0.39, 0.29) is 17.3 Å². The second-order valence-electron chi connectivity index (χ2n) is 3.64. The molecule has 0 aliphatic heterocycles. The van der Waals surface area contributed by atoms with Crippen LogP contribution in [0.3, 0.4) is 0 Å².